The number of methoxy groups -OCH3 is 1. The van der Waals surface area contributed by atoms with E-state index in [9.17, 15) is 9.90 Å². The summed E-state index contributed by atoms with van der Waals surface area (Å²) in [4.78, 5) is 14.4. The Morgan fingerprint density at radius 3 is 2.22 bits per heavy atom. The number of carbonyl (C=O) groups is 1. The Kier molecular flexibility index (Phi) is 8.66. The highest BCUT2D eigenvalue weighted by Gasteiger charge is 2.24. The molecule has 0 aliphatic heterocycles. The first kappa shape index (κ1) is 23.3. The van der Waals surface area contributed by atoms with Crippen LogP contribution in [0.1, 0.15) is 16.7 Å². The molecule has 0 saturated heterocycles. The predicted octanol–water partition coefficient (Wildman–Crippen LogP) is 3.76. The minimum Gasteiger partial charge on any atom is -0.497 e. The molecule has 32 heavy (non-hydrogen) atoms. The molecule has 3 aromatic carbocycles. The van der Waals surface area contributed by atoms with Gasteiger partial charge in [-0.25, -0.2) is 4.79 Å². The maximum Gasteiger partial charge on any atom is 0.410 e. The number of aliphatic hydroxyl groups is 1. The lowest BCUT2D eigenvalue weighted by Crippen LogP contribution is -2.46. The van der Waals surface area contributed by atoms with E-state index in [1.807, 2.05) is 84.9 Å². The number of nitrogens with zero attached hydrogens (tertiary/aromatic N) is 1. The molecule has 0 aliphatic rings. The average Bonchev–Trinajstić information content (AvgIpc) is 2.83. The highest BCUT2D eigenvalue weighted by molar-refractivity contribution is 5.67. The summed E-state index contributed by atoms with van der Waals surface area (Å²) in [6.07, 6.45) is -0.915. The van der Waals surface area contributed by atoms with Crippen LogP contribution in [-0.2, 0) is 24.3 Å². The van der Waals surface area contributed by atoms with E-state index in [4.69, 9.17) is 15.2 Å². The van der Waals surface area contributed by atoms with Gasteiger partial charge in [-0.05, 0) is 35.2 Å². The zero-order chi connectivity index (χ0) is 22.8. The molecule has 3 aromatic rings. The van der Waals surface area contributed by atoms with Crippen LogP contribution in [0, 0.1) is 0 Å². The molecular weight excluding hydrogens is 404 g/mol. The smallest absolute Gasteiger partial charge is 0.410 e. The minimum atomic E-state index is -0.912. The lowest BCUT2D eigenvalue weighted by molar-refractivity contribution is 0.0575. The fraction of sp³-hybridized carbons (Fsp3) is 0.269. The van der Waals surface area contributed by atoms with Crippen LogP contribution in [0.2, 0.25) is 0 Å². The summed E-state index contributed by atoms with van der Waals surface area (Å²) in [5, 5.41) is 10.8. The number of aliphatic hydroxyl groups excluding tert-OH is 1. The molecule has 6 nitrogen and oxygen atoms in total. The Morgan fingerprint density at radius 1 is 0.938 bits per heavy atom. The van der Waals surface area contributed by atoms with E-state index in [1.54, 1.807) is 7.11 Å². The van der Waals surface area contributed by atoms with Gasteiger partial charge in [0.25, 0.3) is 0 Å². The zero-order valence-corrected chi connectivity index (χ0v) is 18.3. The molecule has 0 heterocycles. The summed E-state index contributed by atoms with van der Waals surface area (Å²) < 4.78 is 10.8. The number of hydrogen-bond acceptors (Lipinski definition) is 5. The summed E-state index contributed by atoms with van der Waals surface area (Å²) >= 11 is 0. The van der Waals surface area contributed by atoms with E-state index in [1.165, 1.54) is 4.90 Å². The monoisotopic (exact) mass is 434 g/mol. The Morgan fingerprint density at radius 2 is 1.56 bits per heavy atom. The van der Waals surface area contributed by atoms with Crippen molar-refractivity contribution in [1.82, 2.24) is 4.90 Å². The summed E-state index contributed by atoms with van der Waals surface area (Å²) in [6.45, 7) is 0.471. The summed E-state index contributed by atoms with van der Waals surface area (Å²) in [6, 6.07) is 26.1. The van der Waals surface area contributed by atoms with E-state index in [2.05, 4.69) is 0 Å². The maximum absolute atomic E-state index is 12.9. The molecule has 0 bridgehead atoms. The van der Waals surface area contributed by atoms with Gasteiger partial charge in [-0.2, -0.15) is 0 Å². The van der Waals surface area contributed by atoms with Crippen LogP contribution in [0.25, 0.3) is 0 Å². The first-order chi connectivity index (χ1) is 15.5. The second-order valence-corrected chi connectivity index (χ2v) is 7.69. The SMILES string of the molecule is COc1cccc(CN(CC(O)C(N)Cc2ccccc2)C(=O)OCc2ccccc2)c1. The van der Waals surface area contributed by atoms with Crippen LogP contribution in [0.3, 0.4) is 0 Å². The molecule has 0 aromatic heterocycles. The van der Waals surface area contributed by atoms with Crippen molar-refractivity contribution in [3.05, 3.63) is 102 Å². The molecule has 6 heteroatoms. The van der Waals surface area contributed by atoms with Crippen molar-refractivity contribution in [2.24, 2.45) is 5.73 Å². The van der Waals surface area contributed by atoms with Gasteiger partial charge in [0.1, 0.15) is 12.4 Å². The second-order valence-electron chi connectivity index (χ2n) is 7.69. The third kappa shape index (κ3) is 7.11. The van der Waals surface area contributed by atoms with Crippen molar-refractivity contribution in [1.29, 1.82) is 0 Å². The number of carbonyl (C=O) groups excluding carboxylic acids is 1. The quantitative estimate of drug-likeness (QED) is 0.507. The van der Waals surface area contributed by atoms with Crippen molar-refractivity contribution in [3.63, 3.8) is 0 Å². The molecule has 2 atom stereocenters. The molecule has 0 spiro atoms. The number of ether oxygens (including phenoxy) is 2. The molecule has 3 rings (SSSR count). The molecular formula is C26H30N2O4. The van der Waals surface area contributed by atoms with Crippen LogP contribution in [0.15, 0.2) is 84.9 Å². The van der Waals surface area contributed by atoms with E-state index >= 15 is 0 Å². The zero-order valence-electron chi connectivity index (χ0n) is 18.3. The Bertz CT molecular complexity index is 966. The summed E-state index contributed by atoms with van der Waals surface area (Å²) in [7, 11) is 1.59. The highest BCUT2D eigenvalue weighted by Crippen LogP contribution is 2.16. The first-order valence-corrected chi connectivity index (χ1v) is 10.6. The lowest BCUT2D eigenvalue weighted by Gasteiger charge is -2.28. The average molecular weight is 435 g/mol. The van der Waals surface area contributed by atoms with Gasteiger partial charge in [-0.15, -0.1) is 0 Å². The fourth-order valence-corrected chi connectivity index (χ4v) is 3.39. The number of benzene rings is 3. The molecule has 168 valence electrons. The third-order valence-electron chi connectivity index (χ3n) is 5.19. The summed E-state index contributed by atoms with van der Waals surface area (Å²) in [5.41, 5.74) is 9.04. The van der Waals surface area contributed by atoms with Crippen LogP contribution in [-0.4, -0.2) is 41.9 Å². The van der Waals surface area contributed by atoms with E-state index < -0.39 is 18.2 Å². The van der Waals surface area contributed by atoms with Crippen molar-refractivity contribution >= 4 is 6.09 Å². The Balaban J connectivity index is 1.68. The van der Waals surface area contributed by atoms with Crippen LogP contribution in [0.4, 0.5) is 4.79 Å². The Hall–Kier alpha value is -3.35. The first-order valence-electron chi connectivity index (χ1n) is 10.6. The van der Waals surface area contributed by atoms with E-state index in [0.29, 0.717) is 12.2 Å². The number of nitrogens with two attached hydrogens (primary N) is 1. The van der Waals surface area contributed by atoms with Gasteiger partial charge in [-0.3, -0.25) is 0 Å². The van der Waals surface area contributed by atoms with Gasteiger partial charge >= 0.3 is 6.09 Å². The van der Waals surface area contributed by atoms with Crippen molar-refractivity contribution in [3.8, 4) is 5.75 Å². The summed E-state index contributed by atoms with van der Waals surface area (Å²) in [5.74, 6) is 0.696. The van der Waals surface area contributed by atoms with Crippen LogP contribution in [0.5, 0.6) is 5.75 Å². The van der Waals surface area contributed by atoms with Crippen molar-refractivity contribution < 1.29 is 19.4 Å². The van der Waals surface area contributed by atoms with Gasteiger partial charge in [0.15, 0.2) is 0 Å². The molecule has 3 N–H and O–H groups in total. The second kappa shape index (κ2) is 11.9. The van der Waals surface area contributed by atoms with Gasteiger partial charge in [0, 0.05) is 12.6 Å². The third-order valence-corrected chi connectivity index (χ3v) is 5.19. The molecule has 0 aliphatic carbocycles. The molecule has 0 saturated carbocycles. The standard InChI is InChI=1S/C26H30N2O4/c1-31-23-14-8-13-22(15-23)17-28(26(30)32-19-21-11-6-3-7-12-21)18-25(29)24(27)16-20-9-4-2-5-10-20/h2-15,24-25,29H,16-19,27H2,1H3. The maximum atomic E-state index is 12.9. The van der Waals surface area contributed by atoms with Gasteiger partial charge < -0.3 is 25.2 Å². The minimum absolute atomic E-state index is 0.0544. The van der Waals surface area contributed by atoms with E-state index in [-0.39, 0.29) is 19.7 Å². The largest absolute Gasteiger partial charge is 0.497 e. The fourth-order valence-electron chi connectivity index (χ4n) is 3.39. The van der Waals surface area contributed by atoms with Crippen molar-refractivity contribution in [2.75, 3.05) is 13.7 Å². The molecule has 2 unspecified atom stereocenters. The molecule has 0 fully saturated rings. The molecule has 1 amide bonds. The number of amides is 1. The van der Waals surface area contributed by atoms with Gasteiger partial charge in [0.2, 0.25) is 0 Å². The number of rotatable bonds is 10. The topological polar surface area (TPSA) is 85.0 Å². The molecule has 0 radical (unpaired) electrons. The van der Waals surface area contributed by atoms with Gasteiger partial charge in [0.05, 0.1) is 19.8 Å². The van der Waals surface area contributed by atoms with Crippen molar-refractivity contribution in [2.45, 2.75) is 31.7 Å². The van der Waals surface area contributed by atoms with Gasteiger partial charge in [-0.1, -0.05) is 72.8 Å². The lowest BCUT2D eigenvalue weighted by atomic mass is 10.0. The van der Waals surface area contributed by atoms with Crippen LogP contribution < -0.4 is 10.5 Å². The normalized spacial score (nSPS) is 12.6. The number of hydrogen-bond donors (Lipinski definition) is 2. The highest BCUT2D eigenvalue weighted by atomic mass is 16.6. The Labute approximate surface area is 189 Å². The predicted molar refractivity (Wildman–Crippen MR) is 124 cm³/mol. The van der Waals surface area contributed by atoms with E-state index in [0.717, 1.165) is 16.7 Å². The van der Waals surface area contributed by atoms with Crippen LogP contribution >= 0.6 is 0 Å².